The van der Waals surface area contributed by atoms with Crippen molar-refractivity contribution in [3.05, 3.63) is 29.8 Å². The van der Waals surface area contributed by atoms with E-state index in [1.54, 1.807) is 0 Å². The number of hydrogen-bond donors (Lipinski definition) is 1. The number of para-hydroxylation sites is 1. The standard InChI is InChI=1S/C16H25NO/c1-12-8-4-6-10-15(12)17(3)16-11-7-5-9-14(16)13(2)18/h5,7,9,11-13,15,18H,4,6,8,10H2,1-3H3. The van der Waals surface area contributed by atoms with Gasteiger partial charge in [0.2, 0.25) is 0 Å². The normalized spacial score (nSPS) is 25.8. The second-order valence-electron chi connectivity index (χ2n) is 5.67. The fourth-order valence-corrected chi connectivity index (χ4v) is 3.21. The summed E-state index contributed by atoms with van der Waals surface area (Å²) in [7, 11) is 2.17. The molecule has 1 aliphatic rings. The van der Waals surface area contributed by atoms with Crippen LogP contribution in [-0.2, 0) is 0 Å². The lowest BCUT2D eigenvalue weighted by Crippen LogP contribution is -2.39. The highest BCUT2D eigenvalue weighted by atomic mass is 16.3. The van der Waals surface area contributed by atoms with Crippen molar-refractivity contribution in [2.24, 2.45) is 5.92 Å². The summed E-state index contributed by atoms with van der Waals surface area (Å²) in [5.74, 6) is 0.741. The van der Waals surface area contributed by atoms with Crippen molar-refractivity contribution in [2.45, 2.75) is 51.7 Å². The van der Waals surface area contributed by atoms with Gasteiger partial charge in [0.05, 0.1) is 6.10 Å². The Morgan fingerprint density at radius 3 is 2.56 bits per heavy atom. The van der Waals surface area contributed by atoms with Gasteiger partial charge in [0, 0.05) is 24.3 Å². The SMILES string of the molecule is CC(O)c1ccccc1N(C)C1CCCCC1C. The average Bonchev–Trinajstić information content (AvgIpc) is 2.38. The molecule has 1 aliphatic carbocycles. The minimum Gasteiger partial charge on any atom is -0.389 e. The van der Waals surface area contributed by atoms with E-state index in [1.807, 2.05) is 19.1 Å². The van der Waals surface area contributed by atoms with E-state index in [-0.39, 0.29) is 0 Å². The summed E-state index contributed by atoms with van der Waals surface area (Å²) in [6, 6.07) is 8.83. The lowest BCUT2D eigenvalue weighted by atomic mass is 9.84. The molecule has 18 heavy (non-hydrogen) atoms. The van der Waals surface area contributed by atoms with E-state index < -0.39 is 6.10 Å². The van der Waals surface area contributed by atoms with E-state index in [0.29, 0.717) is 6.04 Å². The minimum absolute atomic E-state index is 0.400. The Morgan fingerprint density at radius 2 is 1.89 bits per heavy atom. The molecule has 1 aromatic carbocycles. The molecule has 0 amide bonds. The molecule has 1 N–H and O–H groups in total. The molecule has 0 saturated heterocycles. The van der Waals surface area contributed by atoms with E-state index in [0.717, 1.165) is 11.5 Å². The number of nitrogens with zero attached hydrogens (tertiary/aromatic N) is 1. The minimum atomic E-state index is -0.400. The molecule has 1 aromatic rings. The van der Waals surface area contributed by atoms with Gasteiger partial charge in [-0.15, -0.1) is 0 Å². The van der Waals surface area contributed by atoms with Gasteiger partial charge in [0.1, 0.15) is 0 Å². The summed E-state index contributed by atoms with van der Waals surface area (Å²) < 4.78 is 0. The summed E-state index contributed by atoms with van der Waals surface area (Å²) in [6.45, 7) is 4.20. The first kappa shape index (κ1) is 13.4. The van der Waals surface area contributed by atoms with Gasteiger partial charge >= 0.3 is 0 Å². The topological polar surface area (TPSA) is 23.5 Å². The van der Waals surface area contributed by atoms with Gasteiger partial charge in [0.25, 0.3) is 0 Å². The van der Waals surface area contributed by atoms with E-state index in [4.69, 9.17) is 0 Å². The summed E-state index contributed by atoms with van der Waals surface area (Å²) >= 11 is 0. The van der Waals surface area contributed by atoms with Gasteiger partial charge < -0.3 is 10.0 Å². The molecule has 2 rings (SSSR count). The van der Waals surface area contributed by atoms with Crippen LogP contribution in [0.15, 0.2) is 24.3 Å². The number of aliphatic hydroxyl groups is 1. The average molecular weight is 247 g/mol. The van der Waals surface area contributed by atoms with Crippen LogP contribution in [0.2, 0.25) is 0 Å². The van der Waals surface area contributed by atoms with Crippen molar-refractivity contribution < 1.29 is 5.11 Å². The predicted octanol–water partition coefficient (Wildman–Crippen LogP) is 3.75. The molecule has 2 heteroatoms. The quantitative estimate of drug-likeness (QED) is 0.879. The Hall–Kier alpha value is -1.02. The summed E-state index contributed by atoms with van der Waals surface area (Å²) in [5, 5.41) is 9.89. The zero-order valence-electron chi connectivity index (χ0n) is 11.8. The van der Waals surface area contributed by atoms with E-state index >= 15 is 0 Å². The maximum Gasteiger partial charge on any atom is 0.0781 e. The number of benzene rings is 1. The largest absolute Gasteiger partial charge is 0.389 e. The van der Waals surface area contributed by atoms with Crippen LogP contribution in [0, 0.1) is 5.92 Å². The molecule has 2 nitrogen and oxygen atoms in total. The second-order valence-corrected chi connectivity index (χ2v) is 5.67. The Kier molecular flexibility index (Phi) is 4.28. The molecule has 0 spiro atoms. The second kappa shape index (κ2) is 5.75. The Bertz CT molecular complexity index is 388. The molecule has 0 aromatic heterocycles. The number of aliphatic hydroxyl groups excluding tert-OH is 1. The Morgan fingerprint density at radius 1 is 1.22 bits per heavy atom. The van der Waals surface area contributed by atoms with E-state index in [2.05, 4.69) is 31.0 Å². The first-order valence-electron chi connectivity index (χ1n) is 7.11. The van der Waals surface area contributed by atoms with Crippen LogP contribution in [0.5, 0.6) is 0 Å². The lowest BCUT2D eigenvalue weighted by Gasteiger charge is -2.38. The van der Waals surface area contributed by atoms with E-state index in [1.165, 1.54) is 31.4 Å². The first-order valence-corrected chi connectivity index (χ1v) is 7.11. The van der Waals surface area contributed by atoms with Gasteiger partial charge in [-0.25, -0.2) is 0 Å². The van der Waals surface area contributed by atoms with Crippen LogP contribution in [0.25, 0.3) is 0 Å². The highest BCUT2D eigenvalue weighted by Gasteiger charge is 2.26. The molecule has 0 aliphatic heterocycles. The van der Waals surface area contributed by atoms with Crippen LogP contribution < -0.4 is 4.90 Å². The van der Waals surface area contributed by atoms with Crippen molar-refractivity contribution in [1.29, 1.82) is 0 Å². The van der Waals surface area contributed by atoms with Crippen LogP contribution in [0.1, 0.15) is 51.2 Å². The van der Waals surface area contributed by atoms with Crippen molar-refractivity contribution in [3.8, 4) is 0 Å². The van der Waals surface area contributed by atoms with E-state index in [9.17, 15) is 5.11 Å². The molecule has 3 atom stereocenters. The summed E-state index contributed by atoms with van der Waals surface area (Å²) in [5.41, 5.74) is 2.23. The predicted molar refractivity (Wildman–Crippen MR) is 76.9 cm³/mol. The third-order valence-corrected chi connectivity index (χ3v) is 4.33. The molecule has 1 saturated carbocycles. The highest BCUT2D eigenvalue weighted by molar-refractivity contribution is 5.54. The number of anilines is 1. The van der Waals surface area contributed by atoms with Crippen molar-refractivity contribution >= 4 is 5.69 Å². The lowest BCUT2D eigenvalue weighted by molar-refractivity contribution is 0.199. The third-order valence-electron chi connectivity index (χ3n) is 4.33. The van der Waals surface area contributed by atoms with Crippen molar-refractivity contribution in [2.75, 3.05) is 11.9 Å². The smallest absolute Gasteiger partial charge is 0.0781 e. The summed E-state index contributed by atoms with van der Waals surface area (Å²) in [4.78, 5) is 2.38. The van der Waals surface area contributed by atoms with Crippen LogP contribution >= 0.6 is 0 Å². The van der Waals surface area contributed by atoms with Crippen LogP contribution in [0.3, 0.4) is 0 Å². The van der Waals surface area contributed by atoms with Gasteiger partial charge in [-0.05, 0) is 31.7 Å². The van der Waals surface area contributed by atoms with Gasteiger partial charge in [-0.2, -0.15) is 0 Å². The van der Waals surface area contributed by atoms with Crippen molar-refractivity contribution in [1.82, 2.24) is 0 Å². The maximum absolute atomic E-state index is 9.89. The van der Waals surface area contributed by atoms with Crippen molar-refractivity contribution in [3.63, 3.8) is 0 Å². The fourth-order valence-electron chi connectivity index (χ4n) is 3.21. The molecule has 0 heterocycles. The molecule has 3 unspecified atom stereocenters. The molecular formula is C16H25NO. The van der Waals surface area contributed by atoms with Crippen LogP contribution in [-0.4, -0.2) is 18.2 Å². The zero-order chi connectivity index (χ0) is 13.1. The monoisotopic (exact) mass is 247 g/mol. The van der Waals surface area contributed by atoms with Crippen LogP contribution in [0.4, 0.5) is 5.69 Å². The van der Waals surface area contributed by atoms with Gasteiger partial charge in [-0.1, -0.05) is 38.0 Å². The molecule has 1 fully saturated rings. The Balaban J connectivity index is 2.24. The Labute approximate surface area is 111 Å². The zero-order valence-corrected chi connectivity index (χ0v) is 11.8. The maximum atomic E-state index is 9.89. The summed E-state index contributed by atoms with van der Waals surface area (Å²) in [6.07, 6.45) is 4.89. The first-order chi connectivity index (χ1) is 8.61. The number of hydrogen-bond acceptors (Lipinski definition) is 2. The highest BCUT2D eigenvalue weighted by Crippen LogP contribution is 2.33. The van der Waals surface area contributed by atoms with Gasteiger partial charge in [-0.3, -0.25) is 0 Å². The molecular weight excluding hydrogens is 222 g/mol. The van der Waals surface area contributed by atoms with Gasteiger partial charge in [0.15, 0.2) is 0 Å². The fraction of sp³-hybridized carbons (Fsp3) is 0.625. The molecule has 0 bridgehead atoms. The number of rotatable bonds is 3. The molecule has 100 valence electrons. The molecule has 0 radical (unpaired) electrons. The third kappa shape index (κ3) is 2.69.